The number of unbranched alkanes of at least 4 members (excludes halogenated alkanes) is 33. The van der Waals surface area contributed by atoms with Crippen LogP contribution in [0.15, 0.2) is 72.9 Å². The van der Waals surface area contributed by atoms with E-state index in [9.17, 15) is 19.8 Å². The van der Waals surface area contributed by atoms with E-state index in [1.165, 1.54) is 154 Å². The highest BCUT2D eigenvalue weighted by Gasteiger charge is 2.24. The van der Waals surface area contributed by atoms with Crippen LogP contribution in [0, 0.1) is 0 Å². The van der Waals surface area contributed by atoms with Crippen LogP contribution in [-0.4, -0.2) is 46.9 Å². The maximum atomic E-state index is 13.3. The fourth-order valence-corrected chi connectivity index (χ4v) is 8.87. The van der Waals surface area contributed by atoms with E-state index >= 15 is 0 Å². The minimum absolute atomic E-state index is 0.0598. The van der Waals surface area contributed by atoms with Gasteiger partial charge >= 0.3 is 5.97 Å². The number of ether oxygens (including phenoxy) is 1. The van der Waals surface area contributed by atoms with E-state index in [1.54, 1.807) is 0 Å². The van der Waals surface area contributed by atoms with Gasteiger partial charge in [0.15, 0.2) is 0 Å². The Balaban J connectivity index is 4.60. The Bertz CT molecular complexity index is 1270. The summed E-state index contributed by atoms with van der Waals surface area (Å²) in [4.78, 5) is 26.3. The van der Waals surface area contributed by atoms with Crippen molar-refractivity contribution in [3.05, 3.63) is 72.9 Å². The van der Waals surface area contributed by atoms with Gasteiger partial charge in [0.25, 0.3) is 0 Å². The van der Waals surface area contributed by atoms with Crippen molar-refractivity contribution in [3.8, 4) is 0 Å². The molecular weight excluding hydrogens is 851 g/mol. The second-order valence-corrected chi connectivity index (χ2v) is 20.2. The van der Waals surface area contributed by atoms with Crippen molar-refractivity contribution in [2.24, 2.45) is 0 Å². The molecule has 3 unspecified atom stereocenters. The minimum Gasteiger partial charge on any atom is -0.462 e. The molecule has 0 aliphatic heterocycles. The maximum Gasteiger partial charge on any atom is 0.306 e. The van der Waals surface area contributed by atoms with Crippen molar-refractivity contribution in [1.29, 1.82) is 0 Å². The highest BCUT2D eigenvalue weighted by atomic mass is 16.5. The van der Waals surface area contributed by atoms with Crippen LogP contribution in [0.1, 0.15) is 290 Å². The van der Waals surface area contributed by atoms with Crippen LogP contribution in [0.4, 0.5) is 0 Å². The number of nitrogens with one attached hydrogen (secondary N) is 1. The average Bonchev–Trinajstić information content (AvgIpc) is 3.34. The lowest BCUT2D eigenvalue weighted by atomic mass is 10.0. The number of rotatable bonds is 53. The molecule has 0 aromatic rings. The largest absolute Gasteiger partial charge is 0.462 e. The molecule has 0 bridgehead atoms. The van der Waals surface area contributed by atoms with E-state index in [-0.39, 0.29) is 24.9 Å². The van der Waals surface area contributed by atoms with Gasteiger partial charge in [-0.15, -0.1) is 0 Å². The Kier molecular flexibility index (Phi) is 54.0. The minimum atomic E-state index is -0.799. The Labute approximate surface area is 428 Å². The molecule has 1 amide bonds. The molecule has 0 heterocycles. The number of aliphatic hydroxyl groups excluding tert-OH is 2. The van der Waals surface area contributed by atoms with Crippen molar-refractivity contribution < 1.29 is 24.5 Å². The number of carbonyl (C=O) groups excluding carboxylic acids is 2. The molecule has 400 valence electrons. The van der Waals surface area contributed by atoms with Gasteiger partial charge < -0.3 is 20.3 Å². The van der Waals surface area contributed by atoms with E-state index in [4.69, 9.17) is 4.74 Å². The summed E-state index contributed by atoms with van der Waals surface area (Å²) in [6.45, 7) is 6.41. The third kappa shape index (κ3) is 51.5. The summed E-state index contributed by atoms with van der Waals surface area (Å²) in [5, 5.41) is 23.9. The number of allylic oxidation sites excluding steroid dienone is 12. The fourth-order valence-electron chi connectivity index (χ4n) is 8.87. The molecule has 0 aliphatic carbocycles. The Morgan fingerprint density at radius 2 is 0.783 bits per heavy atom. The summed E-state index contributed by atoms with van der Waals surface area (Å²) in [6.07, 6.45) is 72.4. The monoisotopic (exact) mass is 964 g/mol. The molecule has 3 atom stereocenters. The SMILES string of the molecule is CCC/C=C/C=C/C=C/C=C/C=C/CCCCCCCC(=O)OC(CCCCCCC/C=C/CCCCCCCC)CC(=O)NC(CO)C(O)CCCCCCCCCCCCCCCCCCC. The quantitative estimate of drug-likeness (QED) is 0.0244. The topological polar surface area (TPSA) is 95.9 Å². The van der Waals surface area contributed by atoms with Crippen LogP contribution in [0.5, 0.6) is 0 Å². The molecule has 0 rings (SSSR count). The molecule has 6 heteroatoms. The molecule has 0 saturated carbocycles. The van der Waals surface area contributed by atoms with E-state index in [0.717, 1.165) is 89.9 Å². The summed E-state index contributed by atoms with van der Waals surface area (Å²) >= 11 is 0. The molecule has 0 aliphatic rings. The van der Waals surface area contributed by atoms with Gasteiger partial charge in [0.2, 0.25) is 5.91 Å². The van der Waals surface area contributed by atoms with E-state index < -0.39 is 18.2 Å². The smallest absolute Gasteiger partial charge is 0.306 e. The summed E-state index contributed by atoms with van der Waals surface area (Å²) in [5.41, 5.74) is 0. The Morgan fingerprint density at radius 3 is 1.22 bits per heavy atom. The average molecular weight is 965 g/mol. The predicted molar refractivity (Wildman–Crippen MR) is 301 cm³/mol. The van der Waals surface area contributed by atoms with Crippen LogP contribution >= 0.6 is 0 Å². The van der Waals surface area contributed by atoms with E-state index in [0.29, 0.717) is 19.3 Å². The number of hydrogen-bond donors (Lipinski definition) is 3. The van der Waals surface area contributed by atoms with E-state index in [1.807, 2.05) is 24.3 Å². The van der Waals surface area contributed by atoms with Gasteiger partial charge in [-0.05, 0) is 70.6 Å². The molecule has 0 fully saturated rings. The molecule has 0 spiro atoms. The van der Waals surface area contributed by atoms with Gasteiger partial charge in [0, 0.05) is 6.42 Å². The first-order valence-corrected chi connectivity index (χ1v) is 29.7. The number of aliphatic hydroxyl groups is 2. The predicted octanol–water partition coefficient (Wildman–Crippen LogP) is 18.5. The highest BCUT2D eigenvalue weighted by molar-refractivity contribution is 5.77. The van der Waals surface area contributed by atoms with Crippen molar-refractivity contribution in [2.75, 3.05) is 6.61 Å². The second kappa shape index (κ2) is 56.2. The summed E-state index contributed by atoms with van der Waals surface area (Å²) < 4.78 is 5.95. The second-order valence-electron chi connectivity index (χ2n) is 20.2. The molecule has 0 aromatic carbocycles. The number of carbonyl (C=O) groups is 2. The first-order chi connectivity index (χ1) is 34.0. The van der Waals surface area contributed by atoms with Gasteiger partial charge in [0.05, 0.1) is 25.2 Å². The molecule has 0 radical (unpaired) electrons. The van der Waals surface area contributed by atoms with Gasteiger partial charge in [-0.25, -0.2) is 0 Å². The highest BCUT2D eigenvalue weighted by Crippen LogP contribution is 2.18. The van der Waals surface area contributed by atoms with Crippen molar-refractivity contribution in [2.45, 2.75) is 309 Å². The van der Waals surface area contributed by atoms with E-state index in [2.05, 4.69) is 74.7 Å². The van der Waals surface area contributed by atoms with Gasteiger partial charge in [-0.2, -0.15) is 0 Å². The number of amides is 1. The Morgan fingerprint density at radius 1 is 0.420 bits per heavy atom. The summed E-state index contributed by atoms with van der Waals surface area (Å²) in [7, 11) is 0. The summed E-state index contributed by atoms with van der Waals surface area (Å²) in [6, 6.07) is -0.714. The zero-order valence-electron chi connectivity index (χ0n) is 45.7. The third-order valence-electron chi connectivity index (χ3n) is 13.4. The number of esters is 1. The van der Waals surface area contributed by atoms with Crippen molar-refractivity contribution >= 4 is 11.9 Å². The Hall–Kier alpha value is -2.70. The van der Waals surface area contributed by atoms with Crippen LogP contribution in [0.3, 0.4) is 0 Å². The van der Waals surface area contributed by atoms with Crippen LogP contribution < -0.4 is 5.32 Å². The van der Waals surface area contributed by atoms with Crippen molar-refractivity contribution in [1.82, 2.24) is 5.32 Å². The summed E-state index contributed by atoms with van der Waals surface area (Å²) in [5.74, 6) is -0.504. The first kappa shape index (κ1) is 66.3. The molecule has 3 N–H and O–H groups in total. The molecule has 69 heavy (non-hydrogen) atoms. The van der Waals surface area contributed by atoms with Crippen LogP contribution in [0.2, 0.25) is 0 Å². The normalized spacial score (nSPS) is 13.6. The standard InChI is InChI=1S/C63H113NO5/c1-4-7-10-13-16-19-22-25-28-30-32-35-38-41-44-47-50-53-56-63(68)69-59(54-51-48-45-42-39-36-33-27-24-21-18-15-12-9-6-3)57-62(67)64-60(58-65)61(66)55-52-49-46-43-40-37-34-31-29-26-23-20-17-14-11-8-5-2/h10,13,16,19,22,25,27-28,30,32-33,35,59-61,65-66H,4-9,11-12,14-15,17-18,20-21,23-24,26,29,31,34,36-58H2,1-3H3,(H,64,67)/b13-10+,19-16+,25-22+,30-28+,33-27+,35-32+. The lowest BCUT2D eigenvalue weighted by molar-refractivity contribution is -0.151. The first-order valence-electron chi connectivity index (χ1n) is 29.7. The zero-order valence-corrected chi connectivity index (χ0v) is 45.7. The molecule has 6 nitrogen and oxygen atoms in total. The van der Waals surface area contributed by atoms with Crippen LogP contribution in [0.25, 0.3) is 0 Å². The molecule has 0 aromatic heterocycles. The lowest BCUT2D eigenvalue weighted by Gasteiger charge is -2.24. The number of hydrogen-bond acceptors (Lipinski definition) is 5. The maximum absolute atomic E-state index is 13.3. The molecule has 0 saturated heterocycles. The van der Waals surface area contributed by atoms with Crippen molar-refractivity contribution in [3.63, 3.8) is 0 Å². The van der Waals surface area contributed by atoms with Crippen LogP contribution in [-0.2, 0) is 14.3 Å². The van der Waals surface area contributed by atoms with Gasteiger partial charge in [-0.1, -0.05) is 280 Å². The lowest BCUT2D eigenvalue weighted by Crippen LogP contribution is -2.46. The third-order valence-corrected chi connectivity index (χ3v) is 13.4. The van der Waals surface area contributed by atoms with Gasteiger partial charge in [0.1, 0.15) is 6.10 Å². The fraction of sp³-hybridized carbons (Fsp3) is 0.778. The zero-order chi connectivity index (χ0) is 50.2. The molecular formula is C63H113NO5. The van der Waals surface area contributed by atoms with Gasteiger partial charge in [-0.3, -0.25) is 9.59 Å².